The van der Waals surface area contributed by atoms with Crippen LogP contribution in [-0.2, 0) is 0 Å². The molecule has 15 heavy (non-hydrogen) atoms. The fourth-order valence-electron chi connectivity index (χ4n) is 2.14. The average Bonchev–Trinajstić information content (AvgIpc) is 2.27. The minimum Gasteiger partial charge on any atom is -0.329 e. The lowest BCUT2D eigenvalue weighted by molar-refractivity contribution is 0.197. The van der Waals surface area contributed by atoms with E-state index in [1.54, 1.807) is 0 Å². The number of unbranched alkanes of at least 4 members (excludes halogenated alkanes) is 3. The lowest BCUT2D eigenvalue weighted by Crippen LogP contribution is -2.40. The summed E-state index contributed by atoms with van der Waals surface area (Å²) in [5.41, 5.74) is 5.85. The Bertz CT molecular complexity index is 126. The summed E-state index contributed by atoms with van der Waals surface area (Å²) in [6.45, 7) is 9.91. The molecule has 2 N–H and O–H groups in total. The normalized spacial score (nSPS) is 13.4. The monoisotopic (exact) mass is 214 g/mol. The van der Waals surface area contributed by atoms with Gasteiger partial charge in [0.05, 0.1) is 0 Å². The minimum absolute atomic E-state index is 0.617. The van der Waals surface area contributed by atoms with Crippen LogP contribution < -0.4 is 5.73 Å². The summed E-state index contributed by atoms with van der Waals surface area (Å²) in [6.07, 6.45) is 7.92. The van der Waals surface area contributed by atoms with Gasteiger partial charge in [-0.2, -0.15) is 0 Å². The topological polar surface area (TPSA) is 29.3 Å². The molecular formula is C13H30N2. The molecule has 0 saturated heterocycles. The molecule has 0 aliphatic heterocycles. The van der Waals surface area contributed by atoms with E-state index in [-0.39, 0.29) is 0 Å². The van der Waals surface area contributed by atoms with Gasteiger partial charge in [0.25, 0.3) is 0 Å². The average molecular weight is 214 g/mol. The van der Waals surface area contributed by atoms with Gasteiger partial charge in [-0.05, 0) is 25.9 Å². The van der Waals surface area contributed by atoms with E-state index in [2.05, 4.69) is 25.7 Å². The van der Waals surface area contributed by atoms with Crippen LogP contribution in [0.25, 0.3) is 0 Å². The zero-order valence-corrected chi connectivity index (χ0v) is 11.0. The van der Waals surface area contributed by atoms with Crippen molar-refractivity contribution in [2.75, 3.05) is 19.6 Å². The van der Waals surface area contributed by atoms with Crippen LogP contribution in [0.4, 0.5) is 0 Å². The van der Waals surface area contributed by atoms with Crippen molar-refractivity contribution in [3.05, 3.63) is 0 Å². The highest BCUT2D eigenvalue weighted by atomic mass is 15.2. The third-order valence-electron chi connectivity index (χ3n) is 3.10. The highest BCUT2D eigenvalue weighted by Gasteiger charge is 2.13. The second kappa shape index (κ2) is 10.4. The summed E-state index contributed by atoms with van der Waals surface area (Å²) >= 11 is 0. The Balaban J connectivity index is 3.76. The Morgan fingerprint density at radius 1 is 1.00 bits per heavy atom. The van der Waals surface area contributed by atoms with Gasteiger partial charge in [0.15, 0.2) is 0 Å². The number of hydrogen-bond acceptors (Lipinski definition) is 2. The SMILES string of the molecule is CCCCCCC(CN)N(CC)CCC. The first-order chi connectivity index (χ1) is 7.29. The number of nitrogens with zero attached hydrogens (tertiary/aromatic N) is 1. The van der Waals surface area contributed by atoms with Crippen LogP contribution in [0.1, 0.15) is 59.3 Å². The molecule has 92 valence electrons. The van der Waals surface area contributed by atoms with Crippen LogP contribution in [0.5, 0.6) is 0 Å². The van der Waals surface area contributed by atoms with E-state index in [4.69, 9.17) is 5.73 Å². The van der Waals surface area contributed by atoms with Crippen LogP contribution in [0.2, 0.25) is 0 Å². The van der Waals surface area contributed by atoms with Crippen LogP contribution >= 0.6 is 0 Å². The molecule has 1 unspecified atom stereocenters. The Labute approximate surface area is 96.2 Å². The van der Waals surface area contributed by atoms with Crippen molar-refractivity contribution in [2.45, 2.75) is 65.3 Å². The van der Waals surface area contributed by atoms with Gasteiger partial charge in [0, 0.05) is 12.6 Å². The molecular weight excluding hydrogens is 184 g/mol. The van der Waals surface area contributed by atoms with Gasteiger partial charge in [0.1, 0.15) is 0 Å². The molecule has 0 spiro atoms. The van der Waals surface area contributed by atoms with E-state index in [0.717, 1.165) is 13.1 Å². The maximum atomic E-state index is 5.85. The zero-order chi connectivity index (χ0) is 11.5. The van der Waals surface area contributed by atoms with Gasteiger partial charge < -0.3 is 5.73 Å². The highest BCUT2D eigenvalue weighted by molar-refractivity contribution is 4.71. The largest absolute Gasteiger partial charge is 0.329 e. The molecule has 0 heterocycles. The van der Waals surface area contributed by atoms with Crippen molar-refractivity contribution in [1.29, 1.82) is 0 Å². The number of hydrogen-bond donors (Lipinski definition) is 1. The van der Waals surface area contributed by atoms with E-state index in [0.29, 0.717) is 6.04 Å². The molecule has 0 saturated carbocycles. The van der Waals surface area contributed by atoms with E-state index in [1.807, 2.05) is 0 Å². The summed E-state index contributed by atoms with van der Waals surface area (Å²) in [5, 5.41) is 0. The second-order valence-electron chi connectivity index (χ2n) is 4.37. The number of rotatable bonds is 10. The van der Waals surface area contributed by atoms with Crippen molar-refractivity contribution >= 4 is 0 Å². The van der Waals surface area contributed by atoms with Gasteiger partial charge in [-0.15, -0.1) is 0 Å². The molecule has 1 atom stereocenters. The molecule has 0 fully saturated rings. The van der Waals surface area contributed by atoms with Gasteiger partial charge in [-0.25, -0.2) is 0 Å². The van der Waals surface area contributed by atoms with Gasteiger partial charge in [-0.3, -0.25) is 4.90 Å². The molecule has 0 aliphatic rings. The van der Waals surface area contributed by atoms with Crippen LogP contribution in [0.15, 0.2) is 0 Å². The first-order valence-electron chi connectivity index (χ1n) is 6.74. The Morgan fingerprint density at radius 2 is 1.73 bits per heavy atom. The summed E-state index contributed by atoms with van der Waals surface area (Å²) in [5.74, 6) is 0. The third-order valence-corrected chi connectivity index (χ3v) is 3.10. The van der Waals surface area contributed by atoms with Crippen molar-refractivity contribution < 1.29 is 0 Å². The first-order valence-corrected chi connectivity index (χ1v) is 6.74. The molecule has 2 nitrogen and oxygen atoms in total. The minimum atomic E-state index is 0.617. The summed E-state index contributed by atoms with van der Waals surface area (Å²) in [4.78, 5) is 2.53. The Hall–Kier alpha value is -0.0800. The fraction of sp³-hybridized carbons (Fsp3) is 1.00. The molecule has 0 rings (SSSR count). The molecule has 0 aromatic heterocycles. The predicted molar refractivity (Wildman–Crippen MR) is 69.1 cm³/mol. The summed E-state index contributed by atoms with van der Waals surface area (Å²) < 4.78 is 0. The Morgan fingerprint density at radius 3 is 2.20 bits per heavy atom. The third kappa shape index (κ3) is 6.91. The fourth-order valence-corrected chi connectivity index (χ4v) is 2.14. The van der Waals surface area contributed by atoms with Crippen molar-refractivity contribution in [3.63, 3.8) is 0 Å². The van der Waals surface area contributed by atoms with Gasteiger partial charge in [-0.1, -0.05) is 46.5 Å². The van der Waals surface area contributed by atoms with Crippen molar-refractivity contribution in [1.82, 2.24) is 4.90 Å². The van der Waals surface area contributed by atoms with E-state index in [1.165, 1.54) is 45.1 Å². The van der Waals surface area contributed by atoms with Gasteiger partial charge >= 0.3 is 0 Å². The smallest absolute Gasteiger partial charge is 0.0218 e. The predicted octanol–water partition coefficient (Wildman–Crippen LogP) is 3.02. The second-order valence-corrected chi connectivity index (χ2v) is 4.37. The van der Waals surface area contributed by atoms with E-state index >= 15 is 0 Å². The maximum absolute atomic E-state index is 5.85. The summed E-state index contributed by atoms with van der Waals surface area (Å²) in [7, 11) is 0. The van der Waals surface area contributed by atoms with Crippen LogP contribution in [-0.4, -0.2) is 30.6 Å². The molecule has 0 amide bonds. The molecule has 0 radical (unpaired) electrons. The maximum Gasteiger partial charge on any atom is 0.0218 e. The molecule has 0 aliphatic carbocycles. The van der Waals surface area contributed by atoms with E-state index < -0.39 is 0 Å². The summed E-state index contributed by atoms with van der Waals surface area (Å²) in [6, 6.07) is 0.617. The Kier molecular flexibility index (Phi) is 10.4. The number of likely N-dealkylation sites (N-methyl/N-ethyl adjacent to an activating group) is 1. The van der Waals surface area contributed by atoms with Crippen LogP contribution in [0.3, 0.4) is 0 Å². The van der Waals surface area contributed by atoms with Crippen LogP contribution in [0, 0.1) is 0 Å². The number of nitrogens with two attached hydrogens (primary N) is 1. The lowest BCUT2D eigenvalue weighted by Gasteiger charge is -2.29. The molecule has 0 aromatic carbocycles. The zero-order valence-electron chi connectivity index (χ0n) is 11.0. The van der Waals surface area contributed by atoms with Crippen molar-refractivity contribution in [2.24, 2.45) is 5.73 Å². The van der Waals surface area contributed by atoms with Crippen molar-refractivity contribution in [3.8, 4) is 0 Å². The molecule has 0 aromatic rings. The standard InChI is InChI=1S/C13H30N2/c1-4-7-8-9-10-13(12-14)15(6-3)11-5-2/h13H,4-12,14H2,1-3H3. The first kappa shape index (κ1) is 14.9. The van der Waals surface area contributed by atoms with Gasteiger partial charge in [0.2, 0.25) is 0 Å². The molecule has 0 bridgehead atoms. The lowest BCUT2D eigenvalue weighted by atomic mass is 10.1. The highest BCUT2D eigenvalue weighted by Crippen LogP contribution is 2.10. The van der Waals surface area contributed by atoms with E-state index in [9.17, 15) is 0 Å². The molecule has 2 heteroatoms. The quantitative estimate of drug-likeness (QED) is 0.566.